The molecule has 1 N–H and O–H groups in total. The molecule has 0 saturated carbocycles. The van der Waals surface area contributed by atoms with Crippen molar-refractivity contribution in [1.29, 1.82) is 0 Å². The van der Waals surface area contributed by atoms with Crippen LogP contribution in [0.5, 0.6) is 0 Å². The summed E-state index contributed by atoms with van der Waals surface area (Å²) < 4.78 is 1.89. The maximum atomic E-state index is 10.2. The predicted molar refractivity (Wildman–Crippen MR) is 58.8 cm³/mol. The van der Waals surface area contributed by atoms with Gasteiger partial charge in [-0.3, -0.25) is 0 Å². The van der Waals surface area contributed by atoms with Crippen LogP contribution in [0.25, 0.3) is 0 Å². The van der Waals surface area contributed by atoms with Gasteiger partial charge in [0.1, 0.15) is 11.8 Å². The summed E-state index contributed by atoms with van der Waals surface area (Å²) in [4.78, 5) is 0. The van der Waals surface area contributed by atoms with Gasteiger partial charge < -0.3 is 5.11 Å². The lowest BCUT2D eigenvalue weighted by atomic mass is 10.0. The van der Waals surface area contributed by atoms with Gasteiger partial charge in [0, 0.05) is 6.54 Å². The summed E-state index contributed by atoms with van der Waals surface area (Å²) in [6.07, 6.45) is 1.41. The van der Waals surface area contributed by atoms with Crippen LogP contribution in [0.15, 0.2) is 30.3 Å². The van der Waals surface area contributed by atoms with Crippen molar-refractivity contribution >= 4 is 0 Å². The fraction of sp³-hybridized carbons (Fsp3) is 0.333. The van der Waals surface area contributed by atoms with Crippen molar-refractivity contribution in [3.8, 4) is 0 Å². The minimum Gasteiger partial charge on any atom is -0.382 e. The van der Waals surface area contributed by atoms with Crippen LogP contribution < -0.4 is 0 Å². The Labute approximate surface area is 93.5 Å². The molecule has 0 spiro atoms. The molecule has 0 saturated heterocycles. The Balaban J connectivity index is 1.98. The largest absolute Gasteiger partial charge is 0.382 e. The third-order valence-electron chi connectivity index (χ3n) is 3.03. The fourth-order valence-corrected chi connectivity index (χ4v) is 2.18. The van der Waals surface area contributed by atoms with Gasteiger partial charge in [-0.25, -0.2) is 4.68 Å². The second-order valence-corrected chi connectivity index (χ2v) is 4.06. The first-order valence-corrected chi connectivity index (χ1v) is 5.51. The Hall–Kier alpha value is -1.68. The normalized spacial score (nSPS) is 16.1. The summed E-state index contributed by atoms with van der Waals surface area (Å²) in [5, 5.41) is 18.4. The molecule has 4 nitrogen and oxygen atoms in total. The maximum Gasteiger partial charge on any atom is 0.125 e. The highest BCUT2D eigenvalue weighted by molar-refractivity contribution is 5.28. The van der Waals surface area contributed by atoms with Crippen LogP contribution in [-0.2, 0) is 13.0 Å². The third-order valence-corrected chi connectivity index (χ3v) is 3.03. The zero-order valence-corrected chi connectivity index (χ0v) is 8.87. The van der Waals surface area contributed by atoms with Crippen LogP contribution in [-0.4, -0.2) is 20.1 Å². The smallest absolute Gasteiger partial charge is 0.125 e. The van der Waals surface area contributed by atoms with Gasteiger partial charge in [0.2, 0.25) is 0 Å². The van der Waals surface area contributed by atoms with Crippen molar-refractivity contribution in [2.45, 2.75) is 25.5 Å². The number of benzene rings is 1. The number of nitrogens with zero attached hydrogens (tertiary/aromatic N) is 3. The van der Waals surface area contributed by atoms with Gasteiger partial charge in [0.15, 0.2) is 0 Å². The molecule has 0 aliphatic carbocycles. The lowest BCUT2D eigenvalue weighted by Gasteiger charge is -2.08. The highest BCUT2D eigenvalue weighted by Crippen LogP contribution is 2.26. The summed E-state index contributed by atoms with van der Waals surface area (Å²) in [6.45, 7) is 0.920. The summed E-state index contributed by atoms with van der Waals surface area (Å²) in [6, 6.07) is 9.59. The van der Waals surface area contributed by atoms with Gasteiger partial charge in [-0.15, -0.1) is 5.10 Å². The van der Waals surface area contributed by atoms with E-state index < -0.39 is 6.10 Å². The number of hydrogen-bond acceptors (Lipinski definition) is 3. The van der Waals surface area contributed by atoms with Gasteiger partial charge in [-0.05, 0) is 18.4 Å². The molecule has 16 heavy (non-hydrogen) atoms. The Morgan fingerprint density at radius 3 is 2.88 bits per heavy atom. The lowest BCUT2D eigenvalue weighted by molar-refractivity contribution is 0.214. The number of aromatic nitrogens is 3. The molecule has 0 radical (unpaired) electrons. The van der Waals surface area contributed by atoms with E-state index in [0.717, 1.165) is 30.6 Å². The van der Waals surface area contributed by atoms with Crippen molar-refractivity contribution in [1.82, 2.24) is 15.0 Å². The average Bonchev–Trinajstić information content (AvgIpc) is 2.91. The zero-order valence-electron chi connectivity index (χ0n) is 8.87. The highest BCUT2D eigenvalue weighted by Gasteiger charge is 2.23. The summed E-state index contributed by atoms with van der Waals surface area (Å²) in [7, 11) is 0. The van der Waals surface area contributed by atoms with E-state index in [1.54, 1.807) is 0 Å². The van der Waals surface area contributed by atoms with E-state index in [0.29, 0.717) is 5.69 Å². The highest BCUT2D eigenvalue weighted by atomic mass is 16.3. The Bertz CT molecular complexity index is 492. The van der Waals surface area contributed by atoms with Crippen LogP contribution in [0.4, 0.5) is 0 Å². The number of rotatable bonds is 2. The Kier molecular flexibility index (Phi) is 2.22. The van der Waals surface area contributed by atoms with E-state index in [-0.39, 0.29) is 0 Å². The molecule has 0 fully saturated rings. The van der Waals surface area contributed by atoms with Crippen LogP contribution in [0.3, 0.4) is 0 Å². The first-order valence-electron chi connectivity index (χ1n) is 5.51. The van der Waals surface area contributed by atoms with Crippen molar-refractivity contribution in [3.05, 3.63) is 47.3 Å². The molecular formula is C12H13N3O. The summed E-state index contributed by atoms with van der Waals surface area (Å²) in [5.41, 5.74) is 2.66. The number of aryl methyl sites for hydroxylation is 1. The van der Waals surface area contributed by atoms with E-state index in [2.05, 4.69) is 10.3 Å². The SMILES string of the molecule is OC(c1ccccc1)c1nnn2c1CCC2. The van der Waals surface area contributed by atoms with Gasteiger partial charge in [-0.2, -0.15) is 0 Å². The summed E-state index contributed by atoms with van der Waals surface area (Å²) in [5.74, 6) is 0. The van der Waals surface area contributed by atoms with Crippen LogP contribution in [0, 0.1) is 0 Å². The second-order valence-electron chi connectivity index (χ2n) is 4.06. The molecule has 3 rings (SSSR count). The molecule has 1 aromatic heterocycles. The maximum absolute atomic E-state index is 10.2. The monoisotopic (exact) mass is 215 g/mol. The van der Waals surface area contributed by atoms with Crippen molar-refractivity contribution in [2.24, 2.45) is 0 Å². The first kappa shape index (κ1) is 9.54. The number of fused-ring (bicyclic) bond motifs is 1. The van der Waals surface area contributed by atoms with E-state index in [9.17, 15) is 5.11 Å². The van der Waals surface area contributed by atoms with Gasteiger partial charge in [0.05, 0.1) is 5.69 Å². The van der Waals surface area contributed by atoms with Crippen LogP contribution in [0.1, 0.15) is 29.5 Å². The standard InChI is InChI=1S/C12H13N3O/c16-12(9-5-2-1-3-6-9)11-10-7-4-8-15(10)14-13-11/h1-3,5-6,12,16H,4,7-8H2. The fourth-order valence-electron chi connectivity index (χ4n) is 2.18. The second kappa shape index (κ2) is 3.72. The molecule has 1 aliphatic rings. The predicted octanol–water partition coefficient (Wildman–Crippen LogP) is 1.31. The topological polar surface area (TPSA) is 50.9 Å². The molecule has 1 atom stereocenters. The minimum absolute atomic E-state index is 0.650. The van der Waals surface area contributed by atoms with Crippen LogP contribution in [0.2, 0.25) is 0 Å². The van der Waals surface area contributed by atoms with Gasteiger partial charge >= 0.3 is 0 Å². The summed E-state index contributed by atoms with van der Waals surface area (Å²) >= 11 is 0. The molecular weight excluding hydrogens is 202 g/mol. The molecule has 2 aromatic rings. The zero-order chi connectivity index (χ0) is 11.0. The molecule has 1 unspecified atom stereocenters. The first-order chi connectivity index (χ1) is 7.86. The third kappa shape index (κ3) is 1.42. The molecule has 2 heterocycles. The molecule has 82 valence electrons. The number of hydrogen-bond donors (Lipinski definition) is 1. The Morgan fingerprint density at radius 2 is 2.06 bits per heavy atom. The van der Waals surface area contributed by atoms with E-state index >= 15 is 0 Å². The van der Waals surface area contributed by atoms with Crippen molar-refractivity contribution < 1.29 is 5.11 Å². The quantitative estimate of drug-likeness (QED) is 0.821. The van der Waals surface area contributed by atoms with Crippen LogP contribution >= 0.6 is 0 Å². The van der Waals surface area contributed by atoms with E-state index in [1.807, 2.05) is 35.0 Å². The van der Waals surface area contributed by atoms with Gasteiger partial charge in [-0.1, -0.05) is 35.5 Å². The van der Waals surface area contributed by atoms with Crippen molar-refractivity contribution in [3.63, 3.8) is 0 Å². The molecule has 1 aliphatic heterocycles. The van der Waals surface area contributed by atoms with E-state index in [4.69, 9.17) is 0 Å². The minimum atomic E-state index is -0.650. The molecule has 1 aromatic carbocycles. The number of aliphatic hydroxyl groups is 1. The van der Waals surface area contributed by atoms with Gasteiger partial charge in [0.25, 0.3) is 0 Å². The molecule has 0 bridgehead atoms. The average molecular weight is 215 g/mol. The molecule has 0 amide bonds. The van der Waals surface area contributed by atoms with Crippen molar-refractivity contribution in [2.75, 3.05) is 0 Å². The van der Waals surface area contributed by atoms with E-state index in [1.165, 1.54) is 0 Å². The lowest BCUT2D eigenvalue weighted by Crippen LogP contribution is -2.03. The molecule has 4 heteroatoms. The number of aliphatic hydroxyl groups excluding tert-OH is 1. The Morgan fingerprint density at radius 1 is 1.25 bits per heavy atom.